The minimum atomic E-state index is -0.684. The van der Waals surface area contributed by atoms with Crippen LogP contribution < -0.4 is 0 Å². The van der Waals surface area contributed by atoms with Gasteiger partial charge in [-0.1, -0.05) is 25.5 Å². The summed E-state index contributed by atoms with van der Waals surface area (Å²) >= 11 is 0. The van der Waals surface area contributed by atoms with Gasteiger partial charge in [-0.05, 0) is 37.1 Å². The van der Waals surface area contributed by atoms with E-state index in [4.69, 9.17) is 0 Å². The molecule has 19 heavy (non-hydrogen) atoms. The second kappa shape index (κ2) is 5.70. The van der Waals surface area contributed by atoms with Gasteiger partial charge in [0.05, 0.1) is 5.41 Å². The van der Waals surface area contributed by atoms with E-state index in [2.05, 4.69) is 4.90 Å². The van der Waals surface area contributed by atoms with Gasteiger partial charge in [-0.2, -0.15) is 0 Å². The molecule has 3 nitrogen and oxygen atoms in total. The Morgan fingerprint density at radius 1 is 1.42 bits per heavy atom. The van der Waals surface area contributed by atoms with E-state index in [-0.39, 0.29) is 5.82 Å². The number of aliphatic carboxylic acids is 1. The molecule has 0 saturated carbocycles. The molecule has 2 rings (SSSR count). The molecule has 0 amide bonds. The summed E-state index contributed by atoms with van der Waals surface area (Å²) in [7, 11) is 0. The number of benzene rings is 1. The number of halogens is 1. The predicted molar refractivity (Wildman–Crippen MR) is 71.3 cm³/mol. The Labute approximate surface area is 113 Å². The molecule has 4 heteroatoms. The number of likely N-dealkylation sites (tertiary alicyclic amines) is 1. The maximum atomic E-state index is 12.8. The van der Waals surface area contributed by atoms with Crippen LogP contribution in [0, 0.1) is 11.2 Å². The molecular weight excluding hydrogens is 245 g/mol. The molecule has 1 aromatic rings. The Kier molecular flexibility index (Phi) is 4.20. The molecule has 1 saturated heterocycles. The molecule has 1 unspecified atom stereocenters. The number of hydrogen-bond acceptors (Lipinski definition) is 2. The molecule has 0 aromatic heterocycles. The van der Waals surface area contributed by atoms with Crippen molar-refractivity contribution in [2.75, 3.05) is 13.1 Å². The third-order valence-corrected chi connectivity index (χ3v) is 3.93. The van der Waals surface area contributed by atoms with Crippen LogP contribution >= 0.6 is 0 Å². The van der Waals surface area contributed by atoms with Gasteiger partial charge in [-0.3, -0.25) is 9.69 Å². The highest BCUT2D eigenvalue weighted by molar-refractivity contribution is 5.75. The largest absolute Gasteiger partial charge is 0.481 e. The van der Waals surface area contributed by atoms with E-state index >= 15 is 0 Å². The molecule has 0 spiro atoms. The normalized spacial score (nSPS) is 23.7. The van der Waals surface area contributed by atoms with Crippen LogP contribution in [0.3, 0.4) is 0 Å². The minimum absolute atomic E-state index is 0.240. The number of carbonyl (C=O) groups is 1. The van der Waals surface area contributed by atoms with E-state index in [1.165, 1.54) is 12.1 Å². The van der Waals surface area contributed by atoms with Crippen LogP contribution in [0.15, 0.2) is 24.3 Å². The van der Waals surface area contributed by atoms with E-state index in [0.29, 0.717) is 19.5 Å². The summed E-state index contributed by atoms with van der Waals surface area (Å²) in [6.07, 6.45) is 2.32. The van der Waals surface area contributed by atoms with Gasteiger partial charge in [-0.15, -0.1) is 0 Å². The first-order valence-electron chi connectivity index (χ1n) is 6.76. The Bertz CT molecular complexity index is 446. The van der Waals surface area contributed by atoms with Crippen LogP contribution in [0.2, 0.25) is 0 Å². The van der Waals surface area contributed by atoms with Gasteiger partial charge in [0, 0.05) is 13.1 Å². The lowest BCUT2D eigenvalue weighted by Crippen LogP contribution is -2.34. The Morgan fingerprint density at radius 2 is 2.11 bits per heavy atom. The average molecular weight is 265 g/mol. The second-order valence-corrected chi connectivity index (χ2v) is 5.42. The molecule has 1 aliphatic heterocycles. The van der Waals surface area contributed by atoms with Gasteiger partial charge in [0.25, 0.3) is 0 Å². The van der Waals surface area contributed by atoms with Crippen molar-refractivity contribution in [1.29, 1.82) is 0 Å². The molecule has 1 atom stereocenters. The molecular formula is C15H20FNO2. The van der Waals surface area contributed by atoms with Gasteiger partial charge in [0.2, 0.25) is 0 Å². The predicted octanol–water partition coefficient (Wildman–Crippen LogP) is 2.90. The monoisotopic (exact) mass is 265 g/mol. The molecule has 0 radical (unpaired) electrons. The average Bonchev–Trinajstić information content (AvgIpc) is 2.77. The summed E-state index contributed by atoms with van der Waals surface area (Å²) in [6.45, 7) is 4.10. The van der Waals surface area contributed by atoms with Crippen LogP contribution in [0.4, 0.5) is 4.39 Å². The highest BCUT2D eigenvalue weighted by Crippen LogP contribution is 2.36. The lowest BCUT2D eigenvalue weighted by atomic mass is 9.83. The number of carboxylic acids is 1. The van der Waals surface area contributed by atoms with Gasteiger partial charge in [0.1, 0.15) is 5.82 Å². The van der Waals surface area contributed by atoms with Crippen LogP contribution in [-0.4, -0.2) is 29.1 Å². The highest BCUT2D eigenvalue weighted by Gasteiger charge is 2.43. The van der Waals surface area contributed by atoms with Gasteiger partial charge in [0.15, 0.2) is 0 Å². The zero-order chi connectivity index (χ0) is 13.9. The van der Waals surface area contributed by atoms with E-state index in [1.807, 2.05) is 6.92 Å². The fourth-order valence-electron chi connectivity index (χ4n) is 2.91. The quantitative estimate of drug-likeness (QED) is 0.890. The van der Waals surface area contributed by atoms with Crippen LogP contribution in [-0.2, 0) is 11.3 Å². The highest BCUT2D eigenvalue weighted by atomic mass is 19.1. The fraction of sp³-hybridized carbons (Fsp3) is 0.533. The summed E-state index contributed by atoms with van der Waals surface area (Å²) in [6, 6.07) is 6.41. The van der Waals surface area contributed by atoms with Crippen molar-refractivity contribution in [3.8, 4) is 0 Å². The summed E-state index contributed by atoms with van der Waals surface area (Å²) in [5.41, 5.74) is 0.438. The van der Waals surface area contributed by atoms with Crippen molar-refractivity contribution >= 4 is 5.97 Å². The van der Waals surface area contributed by atoms with Crippen LogP contribution in [0.5, 0.6) is 0 Å². The lowest BCUT2D eigenvalue weighted by molar-refractivity contribution is -0.148. The molecule has 1 N–H and O–H groups in total. The lowest BCUT2D eigenvalue weighted by Gasteiger charge is -2.24. The summed E-state index contributed by atoms with van der Waals surface area (Å²) < 4.78 is 12.8. The van der Waals surface area contributed by atoms with Gasteiger partial charge < -0.3 is 5.11 Å². The molecule has 1 fully saturated rings. The SMILES string of the molecule is CCCC1(C(=O)O)CCN(Cc2ccc(F)cc2)C1. The number of rotatable bonds is 5. The van der Waals surface area contributed by atoms with Crippen molar-refractivity contribution < 1.29 is 14.3 Å². The van der Waals surface area contributed by atoms with Gasteiger partial charge in [-0.25, -0.2) is 4.39 Å². The number of nitrogens with zero attached hydrogens (tertiary/aromatic N) is 1. The number of hydrogen-bond donors (Lipinski definition) is 1. The zero-order valence-electron chi connectivity index (χ0n) is 11.2. The maximum Gasteiger partial charge on any atom is 0.310 e. The Balaban J connectivity index is 2.01. The Hall–Kier alpha value is -1.42. The van der Waals surface area contributed by atoms with E-state index in [1.54, 1.807) is 12.1 Å². The zero-order valence-corrected chi connectivity index (χ0v) is 11.2. The fourth-order valence-corrected chi connectivity index (χ4v) is 2.91. The first-order chi connectivity index (χ1) is 9.05. The van der Waals surface area contributed by atoms with Crippen LogP contribution in [0.1, 0.15) is 31.7 Å². The second-order valence-electron chi connectivity index (χ2n) is 5.42. The van der Waals surface area contributed by atoms with E-state index in [0.717, 1.165) is 24.9 Å². The molecule has 1 aromatic carbocycles. The first kappa shape index (κ1) is 14.0. The first-order valence-corrected chi connectivity index (χ1v) is 6.76. The van der Waals surface area contributed by atoms with Crippen molar-refractivity contribution in [2.24, 2.45) is 5.41 Å². The van der Waals surface area contributed by atoms with Crippen molar-refractivity contribution in [3.05, 3.63) is 35.6 Å². The standard InChI is InChI=1S/C15H20FNO2/c1-2-7-15(14(18)19)8-9-17(11-15)10-12-3-5-13(16)6-4-12/h3-6H,2,7-11H2,1H3,(H,18,19). The third-order valence-electron chi connectivity index (χ3n) is 3.93. The van der Waals surface area contributed by atoms with Crippen molar-refractivity contribution in [1.82, 2.24) is 4.90 Å². The summed E-state index contributed by atoms with van der Waals surface area (Å²) in [5.74, 6) is -0.924. The molecule has 104 valence electrons. The van der Waals surface area contributed by atoms with Crippen molar-refractivity contribution in [2.45, 2.75) is 32.7 Å². The summed E-state index contributed by atoms with van der Waals surface area (Å²) in [5, 5.41) is 9.44. The minimum Gasteiger partial charge on any atom is -0.481 e. The summed E-state index contributed by atoms with van der Waals surface area (Å²) in [4.78, 5) is 13.6. The smallest absolute Gasteiger partial charge is 0.310 e. The van der Waals surface area contributed by atoms with Crippen molar-refractivity contribution in [3.63, 3.8) is 0 Å². The molecule has 0 aliphatic carbocycles. The topological polar surface area (TPSA) is 40.5 Å². The molecule has 1 aliphatic rings. The van der Waals surface area contributed by atoms with Crippen LogP contribution in [0.25, 0.3) is 0 Å². The maximum absolute atomic E-state index is 12.8. The van der Waals surface area contributed by atoms with E-state index < -0.39 is 11.4 Å². The molecule has 1 heterocycles. The molecule has 0 bridgehead atoms. The third kappa shape index (κ3) is 3.13. The van der Waals surface area contributed by atoms with E-state index in [9.17, 15) is 14.3 Å². The number of carboxylic acid groups (broad SMARTS) is 1. The Morgan fingerprint density at radius 3 is 2.68 bits per heavy atom. The van der Waals surface area contributed by atoms with Gasteiger partial charge >= 0.3 is 5.97 Å².